The molecule has 0 unspecified atom stereocenters. The molecule has 0 saturated heterocycles. The largest absolute Gasteiger partial charge is 0.467 e. The summed E-state index contributed by atoms with van der Waals surface area (Å²) in [7, 11) is 0. The quantitative estimate of drug-likeness (QED) is 0.683. The second kappa shape index (κ2) is 7.00. The summed E-state index contributed by atoms with van der Waals surface area (Å²) in [4.78, 5) is 20.0. The van der Waals surface area contributed by atoms with Gasteiger partial charge in [0.05, 0.1) is 18.5 Å². The number of nitrogens with one attached hydrogen (secondary N) is 2. The van der Waals surface area contributed by atoms with Crippen molar-refractivity contribution in [2.24, 2.45) is 0 Å². The van der Waals surface area contributed by atoms with Crippen molar-refractivity contribution in [3.63, 3.8) is 0 Å². The highest BCUT2D eigenvalue weighted by Gasteiger charge is 2.03. The van der Waals surface area contributed by atoms with Gasteiger partial charge in [0.2, 0.25) is 5.95 Å². The molecule has 0 fully saturated rings. The molecule has 0 aliphatic heterocycles. The molecule has 3 rings (SSSR count). The van der Waals surface area contributed by atoms with E-state index in [2.05, 4.69) is 15.3 Å². The molecule has 0 radical (unpaired) electrons. The highest BCUT2D eigenvalue weighted by atomic mass is 32.2. The lowest BCUT2D eigenvalue weighted by molar-refractivity contribution is 0.517. The molecule has 0 atom stereocenters. The summed E-state index contributed by atoms with van der Waals surface area (Å²) in [5.74, 6) is 1.88. The maximum atomic E-state index is 11.7. The number of aromatic amines is 1. The number of rotatable bonds is 6. The van der Waals surface area contributed by atoms with Gasteiger partial charge in [-0.3, -0.25) is 9.78 Å². The number of aromatic nitrogens is 2. The number of benzene rings is 1. The third-order valence-electron chi connectivity index (χ3n) is 2.93. The van der Waals surface area contributed by atoms with Gasteiger partial charge >= 0.3 is 0 Å². The predicted molar refractivity (Wildman–Crippen MR) is 86.9 cm³/mol. The minimum atomic E-state index is -0.166. The number of anilines is 1. The molecule has 1 aromatic carbocycles. The zero-order chi connectivity index (χ0) is 15.2. The van der Waals surface area contributed by atoms with Crippen molar-refractivity contribution in [2.45, 2.75) is 17.2 Å². The third kappa shape index (κ3) is 4.02. The Balaban J connectivity index is 1.65. The second-order valence-corrected chi connectivity index (χ2v) is 5.67. The Hall–Kier alpha value is -2.47. The molecule has 0 amide bonds. The van der Waals surface area contributed by atoms with Gasteiger partial charge in [0, 0.05) is 16.7 Å². The summed E-state index contributed by atoms with van der Waals surface area (Å²) < 4.78 is 5.23. The zero-order valence-electron chi connectivity index (χ0n) is 11.8. The first kappa shape index (κ1) is 14.5. The number of furan rings is 1. The van der Waals surface area contributed by atoms with E-state index >= 15 is 0 Å². The average Bonchev–Trinajstić information content (AvgIpc) is 3.05. The van der Waals surface area contributed by atoms with Crippen molar-refractivity contribution in [3.8, 4) is 0 Å². The molecule has 22 heavy (non-hydrogen) atoms. The Morgan fingerprint density at radius 2 is 2.05 bits per heavy atom. The van der Waals surface area contributed by atoms with Crippen LogP contribution in [0.2, 0.25) is 0 Å². The van der Waals surface area contributed by atoms with Crippen LogP contribution in [0.5, 0.6) is 0 Å². The van der Waals surface area contributed by atoms with Crippen molar-refractivity contribution < 1.29 is 4.42 Å². The Morgan fingerprint density at radius 1 is 1.18 bits per heavy atom. The number of hydrogen-bond acceptors (Lipinski definition) is 5. The maximum Gasteiger partial charge on any atom is 0.252 e. The molecule has 0 aliphatic rings. The molecular formula is C16H15N3O2S. The van der Waals surface area contributed by atoms with Gasteiger partial charge in [-0.15, -0.1) is 11.8 Å². The van der Waals surface area contributed by atoms with Crippen LogP contribution >= 0.6 is 11.8 Å². The minimum absolute atomic E-state index is 0.166. The first-order valence-electron chi connectivity index (χ1n) is 6.84. The van der Waals surface area contributed by atoms with E-state index in [4.69, 9.17) is 4.42 Å². The van der Waals surface area contributed by atoms with Crippen LogP contribution in [-0.2, 0) is 12.3 Å². The van der Waals surface area contributed by atoms with Gasteiger partial charge in [0.25, 0.3) is 5.56 Å². The number of nitrogens with zero attached hydrogens (tertiary/aromatic N) is 1. The molecule has 0 bridgehead atoms. The molecule has 2 N–H and O–H groups in total. The molecule has 112 valence electrons. The van der Waals surface area contributed by atoms with Crippen molar-refractivity contribution in [1.29, 1.82) is 0 Å². The van der Waals surface area contributed by atoms with Crippen molar-refractivity contribution in [1.82, 2.24) is 9.97 Å². The minimum Gasteiger partial charge on any atom is -0.467 e. The van der Waals surface area contributed by atoms with Crippen LogP contribution in [0.15, 0.2) is 68.9 Å². The van der Waals surface area contributed by atoms with E-state index in [0.29, 0.717) is 18.2 Å². The van der Waals surface area contributed by atoms with Gasteiger partial charge < -0.3 is 9.73 Å². The van der Waals surface area contributed by atoms with E-state index in [1.165, 1.54) is 6.07 Å². The summed E-state index contributed by atoms with van der Waals surface area (Å²) in [6.45, 7) is 0.477. The molecule has 3 aromatic rings. The maximum absolute atomic E-state index is 11.7. The zero-order valence-corrected chi connectivity index (χ0v) is 12.6. The van der Waals surface area contributed by atoms with Gasteiger partial charge in [-0.05, 0) is 24.3 Å². The van der Waals surface area contributed by atoms with Crippen LogP contribution in [-0.4, -0.2) is 9.97 Å². The predicted octanol–water partition coefficient (Wildman–Crippen LogP) is 3.27. The van der Waals surface area contributed by atoms with Crippen molar-refractivity contribution in [3.05, 3.63) is 76.6 Å². The first-order valence-corrected chi connectivity index (χ1v) is 7.82. The van der Waals surface area contributed by atoms with E-state index < -0.39 is 0 Å². The summed E-state index contributed by atoms with van der Waals surface area (Å²) in [6, 6.07) is 15.2. The molecule has 6 heteroatoms. The van der Waals surface area contributed by atoms with E-state index in [9.17, 15) is 4.79 Å². The third-order valence-corrected chi connectivity index (χ3v) is 3.98. The summed E-state index contributed by atoms with van der Waals surface area (Å²) in [5.41, 5.74) is 0.570. The fraction of sp³-hybridized carbons (Fsp3) is 0.125. The summed E-state index contributed by atoms with van der Waals surface area (Å²) in [5, 5.41) is 3.06. The lowest BCUT2D eigenvalue weighted by atomic mass is 10.4. The van der Waals surface area contributed by atoms with Gasteiger partial charge in [0.1, 0.15) is 5.76 Å². The van der Waals surface area contributed by atoms with Crippen LogP contribution in [0, 0.1) is 0 Å². The molecule has 0 saturated carbocycles. The van der Waals surface area contributed by atoms with E-state index in [1.807, 2.05) is 42.5 Å². The SMILES string of the molecule is O=c1cc(CSc2ccccc2)nc(NCc2ccco2)[nH]1. The number of H-pyrrole nitrogens is 1. The topological polar surface area (TPSA) is 70.9 Å². The van der Waals surface area contributed by atoms with Gasteiger partial charge in [-0.2, -0.15) is 0 Å². The van der Waals surface area contributed by atoms with Crippen LogP contribution in [0.25, 0.3) is 0 Å². The van der Waals surface area contributed by atoms with E-state index in [1.54, 1.807) is 18.0 Å². The van der Waals surface area contributed by atoms with E-state index in [0.717, 1.165) is 16.3 Å². The van der Waals surface area contributed by atoms with Gasteiger partial charge in [-0.1, -0.05) is 18.2 Å². The first-order chi connectivity index (χ1) is 10.8. The number of hydrogen-bond donors (Lipinski definition) is 2. The van der Waals surface area contributed by atoms with Gasteiger partial charge in [0.15, 0.2) is 0 Å². The molecular weight excluding hydrogens is 298 g/mol. The Labute approximate surface area is 131 Å². The molecule has 2 aromatic heterocycles. The molecule has 0 spiro atoms. The molecule has 5 nitrogen and oxygen atoms in total. The molecule has 2 heterocycles. The Bertz CT molecular complexity index is 770. The summed E-state index contributed by atoms with van der Waals surface area (Å²) in [6.07, 6.45) is 1.61. The lowest BCUT2D eigenvalue weighted by Gasteiger charge is -2.06. The lowest BCUT2D eigenvalue weighted by Crippen LogP contribution is -2.13. The number of thioether (sulfide) groups is 1. The van der Waals surface area contributed by atoms with Crippen molar-refractivity contribution in [2.75, 3.05) is 5.32 Å². The molecule has 0 aliphatic carbocycles. The normalized spacial score (nSPS) is 10.5. The Morgan fingerprint density at radius 3 is 2.82 bits per heavy atom. The fourth-order valence-electron chi connectivity index (χ4n) is 1.92. The highest BCUT2D eigenvalue weighted by molar-refractivity contribution is 7.98. The van der Waals surface area contributed by atoms with Crippen LogP contribution in [0.3, 0.4) is 0 Å². The van der Waals surface area contributed by atoms with Gasteiger partial charge in [-0.25, -0.2) is 4.98 Å². The standard InChI is InChI=1S/C16H15N3O2S/c20-15-9-12(11-22-14-6-2-1-3-7-14)18-16(19-15)17-10-13-5-4-8-21-13/h1-9H,10-11H2,(H2,17,18,19,20). The summed E-state index contributed by atoms with van der Waals surface area (Å²) >= 11 is 1.65. The Kier molecular flexibility index (Phi) is 4.60. The average molecular weight is 313 g/mol. The monoisotopic (exact) mass is 313 g/mol. The van der Waals surface area contributed by atoms with E-state index in [-0.39, 0.29) is 5.56 Å². The van der Waals surface area contributed by atoms with Crippen molar-refractivity contribution >= 4 is 17.7 Å². The van der Waals surface area contributed by atoms with Crippen LogP contribution in [0.4, 0.5) is 5.95 Å². The second-order valence-electron chi connectivity index (χ2n) is 4.62. The highest BCUT2D eigenvalue weighted by Crippen LogP contribution is 2.21. The fourth-order valence-corrected chi connectivity index (χ4v) is 2.74. The smallest absolute Gasteiger partial charge is 0.252 e. The van der Waals surface area contributed by atoms with Crippen LogP contribution < -0.4 is 10.9 Å². The van der Waals surface area contributed by atoms with Crippen LogP contribution in [0.1, 0.15) is 11.5 Å².